The maximum Gasteiger partial charge on any atom is 0.342 e. The van der Waals surface area contributed by atoms with Crippen LogP contribution in [0.15, 0.2) is 48.5 Å². The van der Waals surface area contributed by atoms with Gasteiger partial charge in [-0.05, 0) is 35.9 Å². The van der Waals surface area contributed by atoms with E-state index in [-0.39, 0.29) is 23.7 Å². The van der Waals surface area contributed by atoms with Gasteiger partial charge in [-0.25, -0.2) is 4.79 Å². The zero-order chi connectivity index (χ0) is 15.9. The minimum Gasteiger partial charge on any atom is -0.507 e. The average molecular weight is 300 g/mol. The Bertz CT molecular complexity index is 691. The van der Waals surface area contributed by atoms with Crippen LogP contribution in [0.2, 0.25) is 0 Å². The van der Waals surface area contributed by atoms with E-state index in [0.29, 0.717) is 5.75 Å². The molecule has 0 saturated carbocycles. The summed E-state index contributed by atoms with van der Waals surface area (Å²) in [5.41, 5.74) is 0.926. The van der Waals surface area contributed by atoms with Crippen molar-refractivity contribution in [2.24, 2.45) is 0 Å². The van der Waals surface area contributed by atoms with E-state index in [0.717, 1.165) is 5.56 Å². The molecule has 5 nitrogen and oxygen atoms in total. The first kappa shape index (κ1) is 15.4. The Balaban J connectivity index is 1.93. The normalized spacial score (nSPS) is 10.6. The molecule has 0 bridgehead atoms. The lowest BCUT2D eigenvalue weighted by Gasteiger charge is -2.04. The van der Waals surface area contributed by atoms with Crippen LogP contribution in [-0.2, 0) is 4.74 Å². The van der Waals surface area contributed by atoms with Crippen LogP contribution in [0.25, 0.3) is 6.08 Å². The molecule has 2 rings (SSSR count). The lowest BCUT2D eigenvalue weighted by Crippen LogP contribution is -2.05. The van der Waals surface area contributed by atoms with Gasteiger partial charge in [0, 0.05) is 0 Å². The number of carbonyl (C=O) groups is 1. The molecule has 0 saturated heterocycles. The fourth-order valence-corrected chi connectivity index (χ4v) is 1.83. The van der Waals surface area contributed by atoms with Crippen molar-refractivity contribution in [3.8, 4) is 17.2 Å². The first-order valence-corrected chi connectivity index (χ1v) is 6.60. The molecule has 0 radical (unpaired) electrons. The van der Waals surface area contributed by atoms with Crippen LogP contribution >= 0.6 is 0 Å². The number of benzene rings is 2. The van der Waals surface area contributed by atoms with Crippen LogP contribution in [0.1, 0.15) is 15.9 Å². The molecule has 5 heteroatoms. The van der Waals surface area contributed by atoms with Gasteiger partial charge in [0.25, 0.3) is 0 Å². The summed E-state index contributed by atoms with van der Waals surface area (Å²) in [4.78, 5) is 11.8. The summed E-state index contributed by atoms with van der Waals surface area (Å²) in [5, 5.41) is 19.0. The van der Waals surface area contributed by atoms with Gasteiger partial charge in [0.15, 0.2) is 11.5 Å². The van der Waals surface area contributed by atoms with Crippen molar-refractivity contribution in [1.29, 1.82) is 0 Å². The van der Waals surface area contributed by atoms with E-state index in [1.54, 1.807) is 36.4 Å². The number of methoxy groups -OCH3 is 1. The monoisotopic (exact) mass is 300 g/mol. The molecule has 0 spiro atoms. The van der Waals surface area contributed by atoms with Gasteiger partial charge in [0.05, 0.1) is 7.11 Å². The number of phenols is 2. The molecule has 0 atom stereocenters. The van der Waals surface area contributed by atoms with E-state index in [2.05, 4.69) is 0 Å². The minimum atomic E-state index is -0.592. The van der Waals surface area contributed by atoms with E-state index in [4.69, 9.17) is 9.47 Å². The fraction of sp³-hybridized carbons (Fsp3) is 0.118. The molecular weight excluding hydrogens is 284 g/mol. The van der Waals surface area contributed by atoms with Crippen molar-refractivity contribution >= 4 is 12.0 Å². The highest BCUT2D eigenvalue weighted by Gasteiger charge is 2.10. The van der Waals surface area contributed by atoms with Crippen LogP contribution in [0.4, 0.5) is 0 Å². The van der Waals surface area contributed by atoms with Crippen molar-refractivity contribution in [3.05, 3.63) is 59.7 Å². The highest BCUT2D eigenvalue weighted by molar-refractivity contribution is 5.92. The Hall–Kier alpha value is -2.95. The Labute approximate surface area is 128 Å². The van der Waals surface area contributed by atoms with Crippen molar-refractivity contribution in [2.45, 2.75) is 0 Å². The van der Waals surface area contributed by atoms with Gasteiger partial charge in [-0.15, -0.1) is 0 Å². The number of hydrogen-bond donors (Lipinski definition) is 2. The molecule has 114 valence electrons. The predicted octanol–water partition coefficient (Wildman–Crippen LogP) is 2.98. The Kier molecular flexibility index (Phi) is 5.03. The van der Waals surface area contributed by atoms with E-state index in [1.807, 2.05) is 0 Å². The predicted molar refractivity (Wildman–Crippen MR) is 82.1 cm³/mol. The molecule has 0 aliphatic rings. The molecule has 2 N–H and O–H groups in total. The van der Waals surface area contributed by atoms with Crippen LogP contribution in [0.5, 0.6) is 17.2 Å². The Morgan fingerprint density at radius 3 is 2.64 bits per heavy atom. The van der Waals surface area contributed by atoms with Crippen LogP contribution < -0.4 is 4.74 Å². The molecule has 0 heterocycles. The Morgan fingerprint density at radius 2 is 1.91 bits per heavy atom. The maximum atomic E-state index is 11.8. The lowest BCUT2D eigenvalue weighted by molar-refractivity contribution is 0.0547. The molecule has 0 aliphatic heterocycles. The molecular formula is C17H16O5. The average Bonchev–Trinajstić information content (AvgIpc) is 2.53. The summed E-state index contributed by atoms with van der Waals surface area (Å²) in [6, 6.07) is 11.1. The lowest BCUT2D eigenvalue weighted by atomic mass is 10.2. The molecule has 0 unspecified atom stereocenters. The van der Waals surface area contributed by atoms with E-state index < -0.39 is 5.97 Å². The first-order chi connectivity index (χ1) is 10.6. The highest BCUT2D eigenvalue weighted by atomic mass is 16.5. The number of phenolic OH excluding ortho intramolecular Hbond substituents is 2. The zero-order valence-electron chi connectivity index (χ0n) is 12.0. The van der Waals surface area contributed by atoms with Crippen molar-refractivity contribution in [3.63, 3.8) is 0 Å². The smallest absolute Gasteiger partial charge is 0.342 e. The summed E-state index contributed by atoms with van der Waals surface area (Å²) in [7, 11) is 1.47. The number of esters is 1. The zero-order valence-corrected chi connectivity index (χ0v) is 12.0. The topological polar surface area (TPSA) is 76.0 Å². The van der Waals surface area contributed by atoms with Crippen LogP contribution in [-0.4, -0.2) is 29.9 Å². The summed E-state index contributed by atoms with van der Waals surface area (Å²) < 4.78 is 10.0. The van der Waals surface area contributed by atoms with Gasteiger partial charge < -0.3 is 19.7 Å². The highest BCUT2D eigenvalue weighted by Crippen LogP contribution is 2.26. The van der Waals surface area contributed by atoms with Crippen molar-refractivity contribution in [2.75, 3.05) is 13.7 Å². The number of carbonyl (C=O) groups excluding carboxylic acids is 1. The van der Waals surface area contributed by atoms with Gasteiger partial charge in [-0.3, -0.25) is 0 Å². The molecule has 0 aromatic heterocycles. The standard InChI is InChI=1S/C17H16O5/c1-21-16-11-12(8-9-15(16)19)5-4-10-22-17(20)13-6-2-3-7-14(13)18/h2-9,11,18-19H,10H2,1H3. The van der Waals surface area contributed by atoms with E-state index in [9.17, 15) is 15.0 Å². The van der Waals surface area contributed by atoms with Gasteiger partial charge in [0.1, 0.15) is 17.9 Å². The summed E-state index contributed by atoms with van der Waals surface area (Å²) >= 11 is 0. The SMILES string of the molecule is COc1cc(C=CCOC(=O)c2ccccc2O)ccc1O. The third-order valence-electron chi connectivity index (χ3n) is 2.95. The van der Waals surface area contributed by atoms with Crippen LogP contribution in [0, 0.1) is 0 Å². The molecule has 22 heavy (non-hydrogen) atoms. The number of aromatic hydroxyl groups is 2. The second-order valence-corrected chi connectivity index (χ2v) is 4.45. The van der Waals surface area contributed by atoms with Crippen molar-refractivity contribution < 1.29 is 24.5 Å². The van der Waals surface area contributed by atoms with Crippen molar-refractivity contribution in [1.82, 2.24) is 0 Å². The molecule has 0 aliphatic carbocycles. The second kappa shape index (κ2) is 7.17. The van der Waals surface area contributed by atoms with Gasteiger partial charge >= 0.3 is 5.97 Å². The van der Waals surface area contributed by atoms with Gasteiger partial charge in [-0.1, -0.05) is 24.3 Å². The fourth-order valence-electron chi connectivity index (χ4n) is 1.83. The summed E-state index contributed by atoms with van der Waals surface area (Å²) in [6.07, 6.45) is 3.39. The van der Waals surface area contributed by atoms with E-state index in [1.165, 1.54) is 25.3 Å². The van der Waals surface area contributed by atoms with E-state index >= 15 is 0 Å². The van der Waals surface area contributed by atoms with Gasteiger partial charge in [-0.2, -0.15) is 0 Å². The maximum absolute atomic E-state index is 11.8. The quantitative estimate of drug-likeness (QED) is 0.830. The Morgan fingerprint density at radius 1 is 1.14 bits per heavy atom. The number of para-hydroxylation sites is 1. The molecule has 0 fully saturated rings. The first-order valence-electron chi connectivity index (χ1n) is 6.60. The summed E-state index contributed by atoms with van der Waals surface area (Å²) in [6.45, 7) is 0.0658. The third-order valence-corrected chi connectivity index (χ3v) is 2.95. The number of rotatable bonds is 5. The third kappa shape index (κ3) is 3.79. The molecule has 0 amide bonds. The number of hydrogen-bond acceptors (Lipinski definition) is 5. The second-order valence-electron chi connectivity index (χ2n) is 4.45. The molecule has 2 aromatic carbocycles. The van der Waals surface area contributed by atoms with Gasteiger partial charge in [0.2, 0.25) is 0 Å². The minimum absolute atomic E-state index is 0.0608. The molecule has 2 aromatic rings. The van der Waals surface area contributed by atoms with Crippen LogP contribution in [0.3, 0.4) is 0 Å². The summed E-state index contributed by atoms with van der Waals surface area (Å²) in [5.74, 6) is -0.273. The largest absolute Gasteiger partial charge is 0.507 e. The number of ether oxygens (including phenoxy) is 2.